The molecule has 158 valence electrons. The Bertz CT molecular complexity index is 1070. The highest BCUT2D eigenvalue weighted by atomic mass is 19.1. The van der Waals surface area contributed by atoms with Gasteiger partial charge >= 0.3 is 5.97 Å². The number of piperazine rings is 1. The number of carbonyl (C=O) groups is 1. The molecule has 1 aliphatic heterocycles. The van der Waals surface area contributed by atoms with Crippen molar-refractivity contribution in [3.63, 3.8) is 0 Å². The minimum atomic E-state index is -0.925. The maximum absolute atomic E-state index is 13.4. The van der Waals surface area contributed by atoms with Crippen molar-refractivity contribution in [2.45, 2.75) is 26.8 Å². The molecule has 3 aromatic rings. The van der Waals surface area contributed by atoms with E-state index < -0.39 is 5.97 Å². The number of aromatic nitrogens is 1. The molecule has 0 aliphatic carbocycles. The summed E-state index contributed by atoms with van der Waals surface area (Å²) in [4.78, 5) is 16.9. The first-order valence-electron chi connectivity index (χ1n) is 10.5. The van der Waals surface area contributed by atoms with Gasteiger partial charge in [0, 0.05) is 49.7 Å². The van der Waals surface area contributed by atoms with E-state index in [9.17, 15) is 14.3 Å². The number of hydrogen-bond donors (Lipinski definition) is 1. The number of carboxylic acid groups (broad SMARTS) is 1. The molecule has 1 N–H and O–H groups in total. The molecular weight excluding hydrogens is 381 g/mol. The van der Waals surface area contributed by atoms with E-state index in [0.717, 1.165) is 60.6 Å². The molecular formula is C24H28FN3O2. The van der Waals surface area contributed by atoms with Crippen molar-refractivity contribution in [3.8, 4) is 11.1 Å². The second-order valence-corrected chi connectivity index (χ2v) is 8.01. The summed E-state index contributed by atoms with van der Waals surface area (Å²) >= 11 is 0. The number of rotatable bonds is 5. The molecule has 4 rings (SSSR count). The smallest absolute Gasteiger partial charge is 0.336 e. The van der Waals surface area contributed by atoms with Gasteiger partial charge in [-0.05, 0) is 55.8 Å². The summed E-state index contributed by atoms with van der Waals surface area (Å²) in [5.41, 5.74) is 4.72. The van der Waals surface area contributed by atoms with Gasteiger partial charge in [0.2, 0.25) is 0 Å². The predicted molar refractivity (Wildman–Crippen MR) is 117 cm³/mol. The number of pyridine rings is 1. The highest BCUT2D eigenvalue weighted by Gasteiger charge is 2.27. The van der Waals surface area contributed by atoms with Gasteiger partial charge < -0.3 is 14.4 Å². The molecule has 1 aromatic carbocycles. The Hall–Kier alpha value is -2.70. The van der Waals surface area contributed by atoms with Crippen molar-refractivity contribution in [2.24, 2.45) is 0 Å². The SMILES string of the molecule is CCN1CCN(C(C)c2c(C)c(C(=O)O)cc3c(-c4ccc(F)cc4)ccn23)CC1. The molecule has 0 bridgehead atoms. The molecule has 1 aliphatic rings. The topological polar surface area (TPSA) is 48.2 Å². The van der Waals surface area contributed by atoms with Gasteiger partial charge in [-0.25, -0.2) is 9.18 Å². The maximum Gasteiger partial charge on any atom is 0.336 e. The lowest BCUT2D eigenvalue weighted by Crippen LogP contribution is -2.47. The highest BCUT2D eigenvalue weighted by Crippen LogP contribution is 2.34. The Labute approximate surface area is 176 Å². The Balaban J connectivity index is 1.83. The minimum absolute atomic E-state index is 0.0827. The molecule has 3 heterocycles. The second kappa shape index (κ2) is 8.20. The van der Waals surface area contributed by atoms with Crippen LogP contribution < -0.4 is 0 Å². The van der Waals surface area contributed by atoms with Crippen molar-refractivity contribution in [1.82, 2.24) is 14.2 Å². The van der Waals surface area contributed by atoms with Crippen LogP contribution in [-0.2, 0) is 0 Å². The summed E-state index contributed by atoms with van der Waals surface area (Å²) in [7, 11) is 0. The summed E-state index contributed by atoms with van der Waals surface area (Å²) in [6.45, 7) is 11.3. The van der Waals surface area contributed by atoms with E-state index in [0.29, 0.717) is 5.56 Å². The van der Waals surface area contributed by atoms with Gasteiger partial charge in [-0.3, -0.25) is 4.90 Å². The zero-order valence-corrected chi connectivity index (χ0v) is 17.7. The fraction of sp³-hybridized carbons (Fsp3) is 0.375. The van der Waals surface area contributed by atoms with Crippen LogP contribution in [0.2, 0.25) is 0 Å². The van der Waals surface area contributed by atoms with Crippen molar-refractivity contribution < 1.29 is 14.3 Å². The van der Waals surface area contributed by atoms with Crippen LogP contribution in [0.1, 0.15) is 41.5 Å². The largest absolute Gasteiger partial charge is 0.478 e. The number of benzene rings is 1. The summed E-state index contributed by atoms with van der Waals surface area (Å²) in [5, 5.41) is 9.86. The summed E-state index contributed by atoms with van der Waals surface area (Å²) < 4.78 is 15.5. The summed E-state index contributed by atoms with van der Waals surface area (Å²) in [5.74, 6) is -1.21. The van der Waals surface area contributed by atoms with E-state index in [2.05, 4.69) is 28.0 Å². The number of nitrogens with zero attached hydrogens (tertiary/aromatic N) is 3. The first-order valence-corrected chi connectivity index (χ1v) is 10.5. The molecule has 0 saturated carbocycles. The van der Waals surface area contributed by atoms with Gasteiger partial charge in [-0.1, -0.05) is 19.1 Å². The van der Waals surface area contributed by atoms with Crippen molar-refractivity contribution in [3.05, 3.63) is 65.2 Å². The molecule has 6 heteroatoms. The summed E-state index contributed by atoms with van der Waals surface area (Å²) in [6, 6.07) is 10.1. The Kier molecular flexibility index (Phi) is 5.62. The molecule has 0 amide bonds. The average molecular weight is 410 g/mol. The number of aromatic carboxylic acids is 1. The van der Waals surface area contributed by atoms with E-state index >= 15 is 0 Å². The number of hydrogen-bond acceptors (Lipinski definition) is 3. The third-order valence-electron chi connectivity index (χ3n) is 6.44. The number of carboxylic acids is 1. The van der Waals surface area contributed by atoms with E-state index in [4.69, 9.17) is 0 Å². The molecule has 0 spiro atoms. The molecule has 30 heavy (non-hydrogen) atoms. The predicted octanol–water partition coefficient (Wildman–Crippen LogP) is 4.45. The van der Waals surface area contributed by atoms with Crippen LogP contribution in [0.15, 0.2) is 42.6 Å². The standard InChI is InChI=1S/C24H28FN3O2/c1-4-26-11-13-27(14-12-26)17(3)23-16(2)21(24(29)30)15-22-20(9-10-28(22)23)18-5-7-19(25)8-6-18/h5-10,15,17H,4,11-14H2,1-3H3,(H,29,30). The normalized spacial score (nSPS) is 16.8. The van der Waals surface area contributed by atoms with Crippen LogP contribution in [0.3, 0.4) is 0 Å². The van der Waals surface area contributed by atoms with Gasteiger partial charge in [0.1, 0.15) is 5.82 Å². The molecule has 1 fully saturated rings. The van der Waals surface area contributed by atoms with Gasteiger partial charge in [-0.2, -0.15) is 0 Å². The van der Waals surface area contributed by atoms with Gasteiger partial charge in [-0.15, -0.1) is 0 Å². The third kappa shape index (κ3) is 3.61. The van der Waals surface area contributed by atoms with E-state index in [-0.39, 0.29) is 11.9 Å². The lowest BCUT2D eigenvalue weighted by atomic mass is 9.99. The minimum Gasteiger partial charge on any atom is -0.478 e. The van der Waals surface area contributed by atoms with E-state index in [1.165, 1.54) is 12.1 Å². The monoisotopic (exact) mass is 409 g/mol. The molecule has 5 nitrogen and oxygen atoms in total. The molecule has 1 atom stereocenters. The zero-order chi connectivity index (χ0) is 21.4. The van der Waals surface area contributed by atoms with Crippen molar-refractivity contribution >= 4 is 11.5 Å². The van der Waals surface area contributed by atoms with Crippen LogP contribution in [0.25, 0.3) is 16.6 Å². The fourth-order valence-corrected chi connectivity index (χ4v) is 4.62. The molecule has 1 saturated heterocycles. The van der Waals surface area contributed by atoms with Crippen LogP contribution in [0.4, 0.5) is 4.39 Å². The van der Waals surface area contributed by atoms with Crippen LogP contribution in [0, 0.1) is 12.7 Å². The van der Waals surface area contributed by atoms with E-state index in [1.54, 1.807) is 18.2 Å². The third-order valence-corrected chi connectivity index (χ3v) is 6.44. The Morgan fingerprint density at radius 3 is 2.40 bits per heavy atom. The average Bonchev–Trinajstić information content (AvgIpc) is 3.16. The van der Waals surface area contributed by atoms with Gasteiger partial charge in [0.15, 0.2) is 0 Å². The van der Waals surface area contributed by atoms with E-state index in [1.807, 2.05) is 19.2 Å². The lowest BCUT2D eigenvalue weighted by molar-refractivity contribution is 0.0695. The van der Waals surface area contributed by atoms with Crippen molar-refractivity contribution in [1.29, 1.82) is 0 Å². The number of halogens is 1. The van der Waals surface area contributed by atoms with Crippen molar-refractivity contribution in [2.75, 3.05) is 32.7 Å². The molecule has 0 radical (unpaired) electrons. The van der Waals surface area contributed by atoms with Crippen LogP contribution in [-0.4, -0.2) is 58.0 Å². The number of fused-ring (bicyclic) bond motifs is 1. The maximum atomic E-state index is 13.4. The molecule has 1 unspecified atom stereocenters. The van der Waals surface area contributed by atoms with Gasteiger partial charge in [0.05, 0.1) is 11.1 Å². The first-order chi connectivity index (χ1) is 14.4. The Morgan fingerprint density at radius 1 is 1.13 bits per heavy atom. The van der Waals surface area contributed by atoms with Crippen LogP contribution in [0.5, 0.6) is 0 Å². The molecule has 2 aromatic heterocycles. The highest BCUT2D eigenvalue weighted by molar-refractivity contribution is 5.94. The lowest BCUT2D eigenvalue weighted by Gasteiger charge is -2.38. The second-order valence-electron chi connectivity index (χ2n) is 8.01. The van der Waals surface area contributed by atoms with Crippen LogP contribution >= 0.6 is 0 Å². The van der Waals surface area contributed by atoms with Gasteiger partial charge in [0.25, 0.3) is 0 Å². The summed E-state index contributed by atoms with van der Waals surface area (Å²) in [6.07, 6.45) is 2.00. The zero-order valence-electron chi connectivity index (χ0n) is 17.7. The number of likely N-dealkylation sites (N-methyl/N-ethyl adjacent to an activating group) is 1. The quantitative estimate of drug-likeness (QED) is 0.676. The fourth-order valence-electron chi connectivity index (χ4n) is 4.62. The Morgan fingerprint density at radius 2 is 1.80 bits per heavy atom. The first kappa shape index (κ1) is 20.6.